The van der Waals surface area contributed by atoms with Crippen LogP contribution in [0.3, 0.4) is 0 Å². The smallest absolute Gasteiger partial charge is 0.271 e. The summed E-state index contributed by atoms with van der Waals surface area (Å²) in [4.78, 5) is 23.0. The van der Waals surface area contributed by atoms with E-state index in [9.17, 15) is 9.59 Å². The van der Waals surface area contributed by atoms with E-state index in [0.29, 0.717) is 17.0 Å². The van der Waals surface area contributed by atoms with Gasteiger partial charge in [-0.25, -0.2) is 0 Å². The van der Waals surface area contributed by atoms with Crippen LogP contribution in [0.1, 0.15) is 29.6 Å². The molecule has 1 aromatic carbocycles. The van der Waals surface area contributed by atoms with Gasteiger partial charge in [0.25, 0.3) is 5.91 Å². The number of carbonyl (C=O) groups is 2. The van der Waals surface area contributed by atoms with Crippen molar-refractivity contribution in [3.8, 4) is 0 Å². The van der Waals surface area contributed by atoms with Crippen molar-refractivity contribution >= 4 is 23.3 Å². The topological polar surface area (TPSA) is 58.2 Å². The molecule has 5 heteroatoms. The third-order valence-electron chi connectivity index (χ3n) is 2.66. The zero-order chi connectivity index (χ0) is 13.0. The van der Waals surface area contributed by atoms with E-state index in [0.717, 1.165) is 18.5 Å². The molecule has 2 rings (SSSR count). The molecule has 1 aliphatic carbocycles. The van der Waals surface area contributed by atoms with Gasteiger partial charge in [-0.2, -0.15) is 0 Å². The minimum absolute atomic E-state index is 0.0794. The molecular formula is C13H13ClN2O2. The number of amides is 1. The van der Waals surface area contributed by atoms with Gasteiger partial charge in [-0.3, -0.25) is 15.0 Å². The predicted octanol–water partition coefficient (Wildman–Crippen LogP) is 2.21. The van der Waals surface area contributed by atoms with Crippen molar-refractivity contribution in [2.24, 2.45) is 0 Å². The van der Waals surface area contributed by atoms with E-state index in [1.165, 1.54) is 6.08 Å². The molecule has 2 N–H and O–H groups in total. The highest BCUT2D eigenvalue weighted by Gasteiger charge is 2.12. The maximum absolute atomic E-state index is 11.8. The Hall–Kier alpha value is -1.81. The Morgan fingerprint density at radius 1 is 1.22 bits per heavy atom. The van der Waals surface area contributed by atoms with E-state index in [4.69, 9.17) is 11.6 Å². The van der Waals surface area contributed by atoms with Gasteiger partial charge in [0, 0.05) is 18.2 Å². The minimum Gasteiger partial charge on any atom is -0.302 e. The molecule has 1 amide bonds. The molecule has 0 heterocycles. The van der Waals surface area contributed by atoms with Crippen LogP contribution >= 0.6 is 11.6 Å². The summed E-state index contributed by atoms with van der Waals surface area (Å²) in [5.74, 6) is -0.240. The van der Waals surface area contributed by atoms with E-state index < -0.39 is 0 Å². The lowest BCUT2D eigenvalue weighted by Gasteiger charge is -2.15. The number of hydrogen-bond acceptors (Lipinski definition) is 3. The van der Waals surface area contributed by atoms with Gasteiger partial charge in [0.1, 0.15) is 0 Å². The summed E-state index contributed by atoms with van der Waals surface area (Å²) in [6.45, 7) is 0. The van der Waals surface area contributed by atoms with Crippen LogP contribution in [0.4, 0.5) is 0 Å². The maximum atomic E-state index is 11.8. The largest absolute Gasteiger partial charge is 0.302 e. The van der Waals surface area contributed by atoms with E-state index in [2.05, 4.69) is 10.9 Å². The number of allylic oxidation sites excluding steroid dienone is 2. The summed E-state index contributed by atoms with van der Waals surface area (Å²) < 4.78 is 0. The highest BCUT2D eigenvalue weighted by molar-refractivity contribution is 6.33. The maximum Gasteiger partial charge on any atom is 0.271 e. The lowest BCUT2D eigenvalue weighted by molar-refractivity contribution is -0.115. The molecule has 0 spiro atoms. The third kappa shape index (κ3) is 3.11. The van der Waals surface area contributed by atoms with Gasteiger partial charge in [-0.15, -0.1) is 0 Å². The fourth-order valence-corrected chi connectivity index (χ4v) is 1.96. The number of halogens is 1. The molecule has 0 saturated heterocycles. The molecule has 1 aliphatic rings. The Labute approximate surface area is 110 Å². The number of nitrogens with one attached hydrogen (secondary N) is 2. The third-order valence-corrected chi connectivity index (χ3v) is 2.99. The fourth-order valence-electron chi connectivity index (χ4n) is 1.74. The van der Waals surface area contributed by atoms with Gasteiger partial charge >= 0.3 is 0 Å². The molecule has 94 valence electrons. The molecular weight excluding hydrogens is 252 g/mol. The van der Waals surface area contributed by atoms with Crippen molar-refractivity contribution in [3.63, 3.8) is 0 Å². The molecule has 0 atom stereocenters. The molecule has 1 aromatic rings. The molecule has 4 nitrogen and oxygen atoms in total. The van der Waals surface area contributed by atoms with Crippen LogP contribution in [0.15, 0.2) is 36.0 Å². The Balaban J connectivity index is 1.97. The molecule has 0 aromatic heterocycles. The van der Waals surface area contributed by atoms with Gasteiger partial charge in [0.15, 0.2) is 5.78 Å². The van der Waals surface area contributed by atoms with Crippen LogP contribution < -0.4 is 10.9 Å². The Kier molecular flexibility index (Phi) is 3.99. The summed E-state index contributed by atoms with van der Waals surface area (Å²) in [5, 5.41) is 0.394. The second-order valence-corrected chi connectivity index (χ2v) is 4.46. The van der Waals surface area contributed by atoms with Crippen LogP contribution in [0.5, 0.6) is 0 Å². The quantitative estimate of drug-likeness (QED) is 0.823. The van der Waals surface area contributed by atoms with Crippen molar-refractivity contribution < 1.29 is 9.59 Å². The first-order chi connectivity index (χ1) is 8.66. The van der Waals surface area contributed by atoms with Gasteiger partial charge in [-0.05, 0) is 25.0 Å². The van der Waals surface area contributed by atoms with Crippen molar-refractivity contribution in [1.82, 2.24) is 10.9 Å². The Morgan fingerprint density at radius 3 is 2.72 bits per heavy atom. The van der Waals surface area contributed by atoms with Crippen molar-refractivity contribution in [1.29, 1.82) is 0 Å². The molecule has 0 bridgehead atoms. The number of benzene rings is 1. The van der Waals surface area contributed by atoms with Crippen LogP contribution in [-0.2, 0) is 4.79 Å². The Morgan fingerprint density at radius 2 is 2.00 bits per heavy atom. The molecule has 0 radical (unpaired) electrons. The van der Waals surface area contributed by atoms with E-state index in [1.54, 1.807) is 24.3 Å². The second-order valence-electron chi connectivity index (χ2n) is 4.05. The Bertz CT molecular complexity index is 511. The first-order valence-corrected chi connectivity index (χ1v) is 6.09. The number of ketones is 1. The molecule has 0 aliphatic heterocycles. The summed E-state index contributed by atoms with van der Waals surface area (Å²) in [6, 6.07) is 6.79. The van der Waals surface area contributed by atoms with Gasteiger partial charge in [-0.1, -0.05) is 23.7 Å². The molecule has 0 saturated carbocycles. The minimum atomic E-state index is -0.320. The number of hydrogen-bond donors (Lipinski definition) is 2. The standard InChI is InChI=1S/C13H13ClN2O2/c14-12-7-2-1-6-11(12)13(18)16-15-9-4-3-5-10(17)8-9/h1-2,6-8,15H,3-5H2,(H,16,18). The highest BCUT2D eigenvalue weighted by atomic mass is 35.5. The summed E-state index contributed by atoms with van der Waals surface area (Å²) in [6.07, 6.45) is 3.66. The SMILES string of the molecule is O=C1C=C(NNC(=O)c2ccccc2Cl)CCC1. The van der Waals surface area contributed by atoms with Crippen LogP contribution in [0, 0.1) is 0 Å². The van der Waals surface area contributed by atoms with Gasteiger partial charge in [0.2, 0.25) is 0 Å². The van der Waals surface area contributed by atoms with Crippen molar-refractivity contribution in [3.05, 3.63) is 46.6 Å². The normalized spacial score (nSPS) is 14.9. The second kappa shape index (κ2) is 5.69. The summed E-state index contributed by atoms with van der Waals surface area (Å²) in [5.41, 5.74) is 6.42. The van der Waals surface area contributed by atoms with E-state index in [-0.39, 0.29) is 11.7 Å². The zero-order valence-electron chi connectivity index (χ0n) is 9.70. The van der Waals surface area contributed by atoms with Crippen molar-refractivity contribution in [2.75, 3.05) is 0 Å². The van der Waals surface area contributed by atoms with Crippen LogP contribution in [0.2, 0.25) is 5.02 Å². The average Bonchev–Trinajstić information content (AvgIpc) is 2.37. The number of carbonyl (C=O) groups excluding carboxylic acids is 2. The van der Waals surface area contributed by atoms with E-state index >= 15 is 0 Å². The number of hydrazine groups is 1. The highest BCUT2D eigenvalue weighted by Crippen LogP contribution is 2.15. The van der Waals surface area contributed by atoms with Crippen LogP contribution in [0.25, 0.3) is 0 Å². The van der Waals surface area contributed by atoms with Gasteiger partial charge < -0.3 is 5.43 Å². The fraction of sp³-hybridized carbons (Fsp3) is 0.231. The average molecular weight is 265 g/mol. The zero-order valence-corrected chi connectivity index (χ0v) is 10.5. The predicted molar refractivity (Wildman–Crippen MR) is 69.0 cm³/mol. The van der Waals surface area contributed by atoms with Crippen LogP contribution in [-0.4, -0.2) is 11.7 Å². The molecule has 18 heavy (non-hydrogen) atoms. The molecule has 0 unspecified atom stereocenters. The van der Waals surface area contributed by atoms with E-state index in [1.807, 2.05) is 0 Å². The number of rotatable bonds is 3. The lowest BCUT2D eigenvalue weighted by atomic mass is 10.0. The monoisotopic (exact) mass is 264 g/mol. The lowest BCUT2D eigenvalue weighted by Crippen LogP contribution is -2.37. The first kappa shape index (κ1) is 12.6. The molecule has 0 fully saturated rings. The van der Waals surface area contributed by atoms with Crippen molar-refractivity contribution in [2.45, 2.75) is 19.3 Å². The first-order valence-electron chi connectivity index (χ1n) is 5.71. The van der Waals surface area contributed by atoms with Gasteiger partial charge in [0.05, 0.1) is 10.6 Å². The summed E-state index contributed by atoms with van der Waals surface area (Å²) >= 11 is 5.91. The summed E-state index contributed by atoms with van der Waals surface area (Å²) in [7, 11) is 0.